The van der Waals surface area contributed by atoms with Crippen LogP contribution >= 0.6 is 0 Å². The van der Waals surface area contributed by atoms with Gasteiger partial charge in [0.05, 0.1) is 5.92 Å². The van der Waals surface area contributed by atoms with Crippen molar-refractivity contribution in [2.45, 2.75) is 38.0 Å². The van der Waals surface area contributed by atoms with Crippen LogP contribution in [0.5, 0.6) is 0 Å². The maximum absolute atomic E-state index is 12.8. The van der Waals surface area contributed by atoms with Gasteiger partial charge in [0.25, 0.3) is 0 Å². The molecule has 5 rings (SSSR count). The number of hydrogen-bond donors (Lipinski definition) is 0. The summed E-state index contributed by atoms with van der Waals surface area (Å²) in [4.78, 5) is 19.2. The minimum absolute atomic E-state index is 0.0538. The number of benzene rings is 2. The van der Waals surface area contributed by atoms with E-state index in [1.807, 2.05) is 35.2 Å². The lowest BCUT2D eigenvalue weighted by Gasteiger charge is -2.25. The lowest BCUT2D eigenvalue weighted by Crippen LogP contribution is -2.26. The molecular weight excluding hydrogens is 338 g/mol. The lowest BCUT2D eigenvalue weighted by molar-refractivity contribution is -0.117. The molecule has 0 N–H and O–H groups in total. The predicted molar refractivity (Wildman–Crippen MR) is 103 cm³/mol. The summed E-state index contributed by atoms with van der Waals surface area (Å²) in [7, 11) is 0. The maximum Gasteiger partial charge on any atom is 0.232 e. The second-order valence-electron chi connectivity index (χ2n) is 7.35. The highest BCUT2D eigenvalue weighted by atomic mass is 16.5. The summed E-state index contributed by atoms with van der Waals surface area (Å²) < 4.78 is 5.51. The number of amides is 1. The van der Waals surface area contributed by atoms with Gasteiger partial charge in [-0.3, -0.25) is 4.79 Å². The molecule has 2 heterocycles. The second-order valence-corrected chi connectivity index (χ2v) is 7.35. The van der Waals surface area contributed by atoms with Gasteiger partial charge in [-0.1, -0.05) is 47.6 Å². The molecule has 5 nitrogen and oxygen atoms in total. The molecule has 136 valence electrons. The first-order valence-electron chi connectivity index (χ1n) is 9.60. The Balaban J connectivity index is 1.41. The highest BCUT2D eigenvalue weighted by molar-refractivity contribution is 5.97. The summed E-state index contributed by atoms with van der Waals surface area (Å²) in [6, 6.07) is 16.1. The zero-order valence-electron chi connectivity index (χ0n) is 15.1. The highest BCUT2D eigenvalue weighted by Gasteiger charge is 2.36. The number of aromatic nitrogens is 2. The van der Waals surface area contributed by atoms with Gasteiger partial charge >= 0.3 is 0 Å². The van der Waals surface area contributed by atoms with Gasteiger partial charge in [0, 0.05) is 24.2 Å². The molecule has 0 saturated carbocycles. The van der Waals surface area contributed by atoms with Crippen molar-refractivity contribution in [2.75, 3.05) is 11.4 Å². The average Bonchev–Trinajstić information content (AvgIpc) is 3.35. The van der Waals surface area contributed by atoms with Gasteiger partial charge in [-0.05, 0) is 42.9 Å². The SMILES string of the molecule is O=C1CC(c2nc(-c3ccccc3)no2)CN1c1cccc2c1CCCC2. The fourth-order valence-electron chi connectivity index (χ4n) is 4.23. The zero-order valence-corrected chi connectivity index (χ0v) is 15.1. The Morgan fingerprint density at radius 3 is 2.74 bits per heavy atom. The summed E-state index contributed by atoms with van der Waals surface area (Å²) in [6.45, 7) is 0.603. The van der Waals surface area contributed by atoms with E-state index in [1.54, 1.807) is 0 Å². The normalized spacial score (nSPS) is 19.3. The number of hydrogen-bond acceptors (Lipinski definition) is 4. The van der Waals surface area contributed by atoms with E-state index in [-0.39, 0.29) is 11.8 Å². The molecule has 1 aromatic heterocycles. The Labute approximate surface area is 158 Å². The minimum atomic E-state index is -0.0538. The number of nitrogens with zero attached hydrogens (tertiary/aromatic N) is 3. The van der Waals surface area contributed by atoms with Gasteiger partial charge in [0.15, 0.2) is 0 Å². The summed E-state index contributed by atoms with van der Waals surface area (Å²) >= 11 is 0. The Morgan fingerprint density at radius 1 is 1.00 bits per heavy atom. The fourth-order valence-corrected chi connectivity index (χ4v) is 4.23. The predicted octanol–water partition coefficient (Wildman–Crippen LogP) is 4.14. The molecule has 0 spiro atoms. The van der Waals surface area contributed by atoms with Gasteiger partial charge in [0.1, 0.15) is 0 Å². The van der Waals surface area contributed by atoms with Crippen LogP contribution in [0.15, 0.2) is 53.1 Å². The van der Waals surface area contributed by atoms with Crippen LogP contribution < -0.4 is 4.90 Å². The van der Waals surface area contributed by atoms with Crippen LogP contribution in [-0.4, -0.2) is 22.6 Å². The van der Waals surface area contributed by atoms with Crippen molar-refractivity contribution in [1.82, 2.24) is 10.1 Å². The number of fused-ring (bicyclic) bond motifs is 1. The monoisotopic (exact) mass is 359 g/mol. The van der Waals surface area contributed by atoms with Crippen LogP contribution in [0.3, 0.4) is 0 Å². The molecule has 1 aliphatic heterocycles. The second kappa shape index (κ2) is 6.65. The molecule has 3 aromatic rings. The Hall–Kier alpha value is -2.95. The van der Waals surface area contributed by atoms with E-state index in [2.05, 4.69) is 28.3 Å². The molecular formula is C22H21N3O2. The van der Waals surface area contributed by atoms with E-state index in [1.165, 1.54) is 24.0 Å². The van der Waals surface area contributed by atoms with Crippen LogP contribution in [0.1, 0.15) is 42.2 Å². The van der Waals surface area contributed by atoms with E-state index in [0.717, 1.165) is 24.1 Å². The number of carbonyl (C=O) groups excluding carboxylic acids is 1. The molecule has 1 fully saturated rings. The summed E-state index contributed by atoms with van der Waals surface area (Å²) in [5.74, 6) is 1.21. The quantitative estimate of drug-likeness (QED) is 0.705. The Morgan fingerprint density at radius 2 is 1.85 bits per heavy atom. The van der Waals surface area contributed by atoms with Crippen LogP contribution in [0.4, 0.5) is 5.69 Å². The molecule has 2 aromatic carbocycles. The van der Waals surface area contributed by atoms with Crippen LogP contribution in [0.25, 0.3) is 11.4 Å². The van der Waals surface area contributed by atoms with E-state index in [4.69, 9.17) is 4.52 Å². The molecule has 1 amide bonds. The van der Waals surface area contributed by atoms with Crippen molar-refractivity contribution in [2.24, 2.45) is 0 Å². The maximum atomic E-state index is 12.8. The first-order valence-corrected chi connectivity index (χ1v) is 9.60. The van der Waals surface area contributed by atoms with Crippen LogP contribution in [0.2, 0.25) is 0 Å². The third-order valence-corrected chi connectivity index (χ3v) is 5.61. The van der Waals surface area contributed by atoms with Gasteiger partial charge in [0.2, 0.25) is 17.6 Å². The molecule has 1 atom stereocenters. The van der Waals surface area contributed by atoms with Crippen molar-refractivity contribution >= 4 is 11.6 Å². The van der Waals surface area contributed by atoms with Gasteiger partial charge < -0.3 is 9.42 Å². The van der Waals surface area contributed by atoms with Gasteiger partial charge in [-0.2, -0.15) is 4.98 Å². The fraction of sp³-hybridized carbons (Fsp3) is 0.318. The molecule has 1 saturated heterocycles. The van der Waals surface area contributed by atoms with Crippen molar-refractivity contribution in [3.8, 4) is 11.4 Å². The topological polar surface area (TPSA) is 59.2 Å². The molecule has 2 aliphatic rings. The van der Waals surface area contributed by atoms with Crippen LogP contribution in [0, 0.1) is 0 Å². The average molecular weight is 359 g/mol. The lowest BCUT2D eigenvalue weighted by atomic mass is 9.90. The van der Waals surface area contributed by atoms with Crippen molar-refractivity contribution in [3.05, 3.63) is 65.5 Å². The van der Waals surface area contributed by atoms with Gasteiger partial charge in [-0.15, -0.1) is 0 Å². The number of anilines is 1. The third-order valence-electron chi connectivity index (χ3n) is 5.61. The standard InChI is InChI=1S/C22H21N3O2/c26-20-13-17(22-23-21(24-27-22)16-8-2-1-3-9-16)14-25(20)19-12-6-10-15-7-4-5-11-18(15)19/h1-3,6,8-10,12,17H,4-5,7,11,13-14H2. The largest absolute Gasteiger partial charge is 0.339 e. The summed E-state index contributed by atoms with van der Waals surface area (Å²) in [5.41, 5.74) is 4.72. The van der Waals surface area contributed by atoms with E-state index in [9.17, 15) is 4.79 Å². The van der Waals surface area contributed by atoms with E-state index >= 15 is 0 Å². The first-order chi connectivity index (χ1) is 13.3. The molecule has 27 heavy (non-hydrogen) atoms. The first kappa shape index (κ1) is 16.2. The van der Waals surface area contributed by atoms with Crippen molar-refractivity contribution in [1.29, 1.82) is 0 Å². The third kappa shape index (κ3) is 2.93. The minimum Gasteiger partial charge on any atom is -0.339 e. The number of carbonyl (C=O) groups is 1. The smallest absolute Gasteiger partial charge is 0.232 e. The van der Waals surface area contributed by atoms with E-state index in [0.29, 0.717) is 24.7 Å². The molecule has 5 heteroatoms. The number of rotatable bonds is 3. The van der Waals surface area contributed by atoms with Crippen molar-refractivity contribution < 1.29 is 9.32 Å². The molecule has 1 unspecified atom stereocenters. The van der Waals surface area contributed by atoms with E-state index < -0.39 is 0 Å². The number of aryl methyl sites for hydroxylation is 1. The summed E-state index contributed by atoms with van der Waals surface area (Å²) in [5, 5.41) is 4.11. The van der Waals surface area contributed by atoms with Crippen molar-refractivity contribution in [3.63, 3.8) is 0 Å². The molecule has 0 radical (unpaired) electrons. The molecule has 1 aliphatic carbocycles. The van der Waals surface area contributed by atoms with Gasteiger partial charge in [-0.25, -0.2) is 0 Å². The molecule has 0 bridgehead atoms. The zero-order chi connectivity index (χ0) is 18.2. The summed E-state index contributed by atoms with van der Waals surface area (Å²) in [6.07, 6.45) is 5.01. The Bertz CT molecular complexity index is 980. The van der Waals surface area contributed by atoms with Crippen LogP contribution in [-0.2, 0) is 17.6 Å². The Kier molecular flexibility index (Phi) is 4.00. The highest BCUT2D eigenvalue weighted by Crippen LogP contribution is 2.36.